The van der Waals surface area contributed by atoms with Crippen molar-refractivity contribution in [3.63, 3.8) is 0 Å². The van der Waals surface area contributed by atoms with Gasteiger partial charge in [0.05, 0.1) is 12.8 Å². The van der Waals surface area contributed by atoms with Crippen LogP contribution in [0.2, 0.25) is 0 Å². The predicted octanol–water partition coefficient (Wildman–Crippen LogP) is 3.74. The third-order valence-electron chi connectivity index (χ3n) is 3.41. The summed E-state index contributed by atoms with van der Waals surface area (Å²) in [6.45, 7) is 0. The normalized spacial score (nSPS) is 10.3. The van der Waals surface area contributed by atoms with Gasteiger partial charge in [-0.2, -0.15) is 0 Å². The molecule has 3 aromatic rings. The van der Waals surface area contributed by atoms with Crippen LogP contribution in [0, 0.1) is 5.82 Å². The van der Waals surface area contributed by atoms with Crippen molar-refractivity contribution in [2.45, 2.75) is 0 Å². The van der Waals surface area contributed by atoms with Gasteiger partial charge in [-0.1, -0.05) is 42.5 Å². The molecule has 0 fully saturated rings. The monoisotopic (exact) mass is 308 g/mol. The summed E-state index contributed by atoms with van der Waals surface area (Å²) < 4.78 is 18.0. The molecule has 0 aliphatic carbocycles. The molecule has 0 atom stereocenters. The van der Waals surface area contributed by atoms with Crippen LogP contribution in [0.1, 0.15) is 10.5 Å². The maximum atomic E-state index is 13.2. The number of carbonyl (C=O) groups excluding carboxylic acids is 1. The minimum absolute atomic E-state index is 0.146. The van der Waals surface area contributed by atoms with E-state index in [-0.39, 0.29) is 11.5 Å². The molecule has 0 amide bonds. The van der Waals surface area contributed by atoms with E-state index in [1.165, 1.54) is 25.6 Å². The Morgan fingerprint density at radius 2 is 1.65 bits per heavy atom. The van der Waals surface area contributed by atoms with Gasteiger partial charge in [-0.3, -0.25) is 0 Å². The van der Waals surface area contributed by atoms with E-state index in [0.717, 1.165) is 5.56 Å². The van der Waals surface area contributed by atoms with Crippen molar-refractivity contribution < 1.29 is 13.9 Å². The first-order chi connectivity index (χ1) is 11.2. The van der Waals surface area contributed by atoms with Gasteiger partial charge in [0.1, 0.15) is 12.1 Å². The van der Waals surface area contributed by atoms with Crippen LogP contribution in [-0.4, -0.2) is 23.0 Å². The second kappa shape index (κ2) is 6.36. The first-order valence-corrected chi connectivity index (χ1v) is 6.95. The minimum atomic E-state index is -0.566. The highest BCUT2D eigenvalue weighted by atomic mass is 19.1. The summed E-state index contributed by atoms with van der Waals surface area (Å²) in [7, 11) is 1.29. The molecule has 0 aliphatic rings. The Kier molecular flexibility index (Phi) is 4.10. The highest BCUT2D eigenvalue weighted by Crippen LogP contribution is 2.32. The van der Waals surface area contributed by atoms with Crippen molar-refractivity contribution in [1.82, 2.24) is 9.97 Å². The van der Waals surface area contributed by atoms with E-state index in [2.05, 4.69) is 9.97 Å². The number of carbonyl (C=O) groups is 1. The van der Waals surface area contributed by atoms with Gasteiger partial charge in [0.15, 0.2) is 5.69 Å². The van der Waals surface area contributed by atoms with Crippen LogP contribution >= 0.6 is 0 Å². The largest absolute Gasteiger partial charge is 0.464 e. The van der Waals surface area contributed by atoms with Gasteiger partial charge >= 0.3 is 5.97 Å². The SMILES string of the molecule is COC(=O)c1ncnc(-c2ccccc2)c1-c1ccc(F)cc1. The summed E-state index contributed by atoms with van der Waals surface area (Å²) in [4.78, 5) is 20.4. The number of hydrogen-bond acceptors (Lipinski definition) is 4. The third kappa shape index (κ3) is 2.94. The van der Waals surface area contributed by atoms with E-state index in [1.807, 2.05) is 30.3 Å². The number of methoxy groups -OCH3 is 1. The zero-order chi connectivity index (χ0) is 16.2. The third-order valence-corrected chi connectivity index (χ3v) is 3.41. The van der Waals surface area contributed by atoms with Crippen molar-refractivity contribution in [1.29, 1.82) is 0 Å². The number of benzene rings is 2. The zero-order valence-electron chi connectivity index (χ0n) is 12.4. The first-order valence-electron chi connectivity index (χ1n) is 6.95. The van der Waals surface area contributed by atoms with E-state index >= 15 is 0 Å². The van der Waals surface area contributed by atoms with Crippen LogP contribution in [0.25, 0.3) is 22.4 Å². The molecule has 1 aromatic heterocycles. The maximum absolute atomic E-state index is 13.2. The molecule has 0 aliphatic heterocycles. The average molecular weight is 308 g/mol. The van der Waals surface area contributed by atoms with Crippen molar-refractivity contribution in [2.24, 2.45) is 0 Å². The second-order valence-corrected chi connectivity index (χ2v) is 4.81. The minimum Gasteiger partial charge on any atom is -0.464 e. The zero-order valence-corrected chi connectivity index (χ0v) is 12.4. The van der Waals surface area contributed by atoms with E-state index < -0.39 is 5.97 Å². The molecule has 4 nitrogen and oxygen atoms in total. The van der Waals surface area contributed by atoms with E-state index in [9.17, 15) is 9.18 Å². The van der Waals surface area contributed by atoms with Crippen LogP contribution in [0.5, 0.6) is 0 Å². The van der Waals surface area contributed by atoms with Crippen molar-refractivity contribution in [3.05, 3.63) is 72.4 Å². The summed E-state index contributed by atoms with van der Waals surface area (Å²) in [5, 5.41) is 0. The van der Waals surface area contributed by atoms with E-state index in [4.69, 9.17) is 4.74 Å². The molecule has 0 radical (unpaired) electrons. The Hall–Kier alpha value is -3.08. The van der Waals surface area contributed by atoms with Gasteiger partial charge in [-0.05, 0) is 17.7 Å². The molecule has 5 heteroatoms. The second-order valence-electron chi connectivity index (χ2n) is 4.81. The lowest BCUT2D eigenvalue weighted by Crippen LogP contribution is -2.08. The van der Waals surface area contributed by atoms with Crippen molar-refractivity contribution >= 4 is 5.97 Å². The molecule has 0 unspecified atom stereocenters. The quantitative estimate of drug-likeness (QED) is 0.692. The molecule has 0 spiro atoms. The summed E-state index contributed by atoms with van der Waals surface area (Å²) in [6.07, 6.45) is 1.32. The van der Waals surface area contributed by atoms with Crippen molar-refractivity contribution in [3.8, 4) is 22.4 Å². The fourth-order valence-electron chi connectivity index (χ4n) is 2.34. The molecule has 0 saturated carbocycles. The van der Waals surface area contributed by atoms with E-state index in [1.54, 1.807) is 12.1 Å². The Balaban J connectivity index is 2.28. The summed E-state index contributed by atoms with van der Waals surface area (Å²) in [6, 6.07) is 15.3. The molecular weight excluding hydrogens is 295 g/mol. The Labute approximate surface area is 132 Å². The smallest absolute Gasteiger partial charge is 0.357 e. The molecule has 114 valence electrons. The van der Waals surface area contributed by atoms with Gasteiger partial charge in [-0.25, -0.2) is 19.2 Å². The van der Waals surface area contributed by atoms with Crippen LogP contribution in [0.15, 0.2) is 60.9 Å². The summed E-state index contributed by atoms with van der Waals surface area (Å²) in [5.74, 6) is -0.921. The highest BCUT2D eigenvalue weighted by molar-refractivity contribution is 5.99. The highest BCUT2D eigenvalue weighted by Gasteiger charge is 2.20. The predicted molar refractivity (Wildman–Crippen MR) is 84.2 cm³/mol. The summed E-state index contributed by atoms with van der Waals surface area (Å²) in [5.41, 5.74) is 2.73. The number of rotatable bonds is 3. The Morgan fingerprint density at radius 1 is 0.957 bits per heavy atom. The topological polar surface area (TPSA) is 52.1 Å². The maximum Gasteiger partial charge on any atom is 0.357 e. The summed E-state index contributed by atoms with van der Waals surface area (Å²) >= 11 is 0. The molecule has 0 N–H and O–H groups in total. The van der Waals surface area contributed by atoms with Gasteiger partial charge in [0.2, 0.25) is 0 Å². The first kappa shape index (κ1) is 14.8. The molecule has 0 saturated heterocycles. The molecule has 1 heterocycles. The van der Waals surface area contributed by atoms with Crippen LogP contribution in [0.4, 0.5) is 4.39 Å². The average Bonchev–Trinajstić information content (AvgIpc) is 2.62. The Bertz CT molecular complexity index is 833. The number of ether oxygens (including phenoxy) is 1. The van der Waals surface area contributed by atoms with Gasteiger partial charge < -0.3 is 4.74 Å². The number of esters is 1. The number of nitrogens with zero attached hydrogens (tertiary/aromatic N) is 2. The molecule has 23 heavy (non-hydrogen) atoms. The van der Waals surface area contributed by atoms with E-state index in [0.29, 0.717) is 16.8 Å². The molecule has 3 rings (SSSR count). The number of hydrogen-bond donors (Lipinski definition) is 0. The fourth-order valence-corrected chi connectivity index (χ4v) is 2.34. The van der Waals surface area contributed by atoms with Crippen molar-refractivity contribution in [2.75, 3.05) is 7.11 Å². The lowest BCUT2D eigenvalue weighted by molar-refractivity contribution is 0.0595. The fraction of sp³-hybridized carbons (Fsp3) is 0.0556. The Morgan fingerprint density at radius 3 is 2.30 bits per heavy atom. The number of halogens is 1. The van der Waals surface area contributed by atoms with Gasteiger partial charge in [-0.15, -0.1) is 0 Å². The van der Waals surface area contributed by atoms with Crippen LogP contribution in [0.3, 0.4) is 0 Å². The standard InChI is InChI=1S/C18H13FN2O2/c1-23-18(22)17-15(12-7-9-14(19)10-8-12)16(20-11-21-17)13-5-3-2-4-6-13/h2-11H,1H3. The molecular formula is C18H13FN2O2. The van der Waals surface area contributed by atoms with Crippen LogP contribution < -0.4 is 0 Å². The van der Waals surface area contributed by atoms with Crippen LogP contribution in [-0.2, 0) is 4.74 Å². The lowest BCUT2D eigenvalue weighted by atomic mass is 9.97. The number of aromatic nitrogens is 2. The molecule has 2 aromatic carbocycles. The van der Waals surface area contributed by atoms with Gasteiger partial charge in [0, 0.05) is 11.1 Å². The lowest BCUT2D eigenvalue weighted by Gasteiger charge is -2.12. The van der Waals surface area contributed by atoms with Gasteiger partial charge in [0.25, 0.3) is 0 Å². The molecule has 0 bridgehead atoms.